The van der Waals surface area contributed by atoms with E-state index < -0.39 is 0 Å². The molecule has 0 unspecified atom stereocenters. The van der Waals surface area contributed by atoms with Crippen molar-refractivity contribution >= 4 is 0 Å². The maximum absolute atomic E-state index is 5.56. The highest BCUT2D eigenvalue weighted by Crippen LogP contribution is 2.45. The summed E-state index contributed by atoms with van der Waals surface area (Å²) in [5.74, 6) is 2.61. The van der Waals surface area contributed by atoms with Crippen LogP contribution in [0.25, 0.3) is 0 Å². The van der Waals surface area contributed by atoms with Crippen molar-refractivity contribution in [3.8, 4) is 5.75 Å². The molecular weight excluding hydrogens is 210 g/mol. The number of rotatable bonds is 3. The van der Waals surface area contributed by atoms with Crippen LogP contribution < -0.4 is 10.1 Å². The Morgan fingerprint density at radius 1 is 1.06 bits per heavy atom. The van der Waals surface area contributed by atoms with E-state index in [1.54, 1.807) is 7.11 Å². The van der Waals surface area contributed by atoms with Gasteiger partial charge in [-0.3, -0.25) is 0 Å². The topological polar surface area (TPSA) is 21.3 Å². The molecule has 0 spiro atoms. The van der Waals surface area contributed by atoms with Gasteiger partial charge in [0.1, 0.15) is 5.75 Å². The van der Waals surface area contributed by atoms with Crippen molar-refractivity contribution in [1.29, 1.82) is 0 Å². The van der Waals surface area contributed by atoms with Gasteiger partial charge in [0.25, 0.3) is 0 Å². The Kier molecular flexibility index (Phi) is 3.06. The van der Waals surface area contributed by atoms with Gasteiger partial charge < -0.3 is 10.1 Å². The van der Waals surface area contributed by atoms with Gasteiger partial charge in [0, 0.05) is 0 Å². The fraction of sp³-hybridized carbons (Fsp3) is 0.600. The van der Waals surface area contributed by atoms with Gasteiger partial charge in [-0.15, -0.1) is 0 Å². The molecular formula is C15H21NO. The lowest BCUT2D eigenvalue weighted by Gasteiger charge is -2.23. The van der Waals surface area contributed by atoms with Crippen LogP contribution in [0.3, 0.4) is 0 Å². The molecule has 92 valence electrons. The van der Waals surface area contributed by atoms with Gasteiger partial charge in [-0.1, -0.05) is 12.1 Å². The average molecular weight is 231 g/mol. The SMILES string of the molecule is COc1cc(C2CCNCC2)ccc1C1CC1. The van der Waals surface area contributed by atoms with Crippen LogP contribution in [0.4, 0.5) is 0 Å². The molecule has 0 atom stereocenters. The lowest BCUT2D eigenvalue weighted by atomic mass is 9.89. The first-order valence-corrected chi connectivity index (χ1v) is 6.77. The third-order valence-electron chi connectivity index (χ3n) is 4.09. The minimum atomic E-state index is 0.721. The smallest absolute Gasteiger partial charge is 0.122 e. The van der Waals surface area contributed by atoms with E-state index in [9.17, 15) is 0 Å². The molecule has 17 heavy (non-hydrogen) atoms. The first-order chi connectivity index (χ1) is 8.38. The molecule has 0 radical (unpaired) electrons. The maximum atomic E-state index is 5.56. The Labute approximate surface area is 103 Å². The fourth-order valence-corrected chi connectivity index (χ4v) is 2.87. The summed E-state index contributed by atoms with van der Waals surface area (Å²) in [6, 6.07) is 6.91. The van der Waals surface area contributed by atoms with Crippen molar-refractivity contribution in [3.63, 3.8) is 0 Å². The highest BCUT2D eigenvalue weighted by molar-refractivity contribution is 5.43. The highest BCUT2D eigenvalue weighted by atomic mass is 16.5. The Morgan fingerprint density at radius 2 is 1.82 bits per heavy atom. The van der Waals surface area contributed by atoms with E-state index in [2.05, 4.69) is 23.5 Å². The fourth-order valence-electron chi connectivity index (χ4n) is 2.87. The summed E-state index contributed by atoms with van der Waals surface area (Å²) in [4.78, 5) is 0. The molecule has 1 aliphatic carbocycles. The number of hydrogen-bond acceptors (Lipinski definition) is 2. The van der Waals surface area contributed by atoms with E-state index in [0.29, 0.717) is 0 Å². The minimum Gasteiger partial charge on any atom is -0.496 e. The zero-order chi connectivity index (χ0) is 11.7. The molecule has 1 saturated heterocycles. The zero-order valence-electron chi connectivity index (χ0n) is 10.5. The van der Waals surface area contributed by atoms with Crippen LogP contribution in [0.2, 0.25) is 0 Å². The lowest BCUT2D eigenvalue weighted by molar-refractivity contribution is 0.406. The summed E-state index contributed by atoms with van der Waals surface area (Å²) in [5, 5.41) is 3.42. The molecule has 2 aliphatic rings. The van der Waals surface area contributed by atoms with E-state index in [-0.39, 0.29) is 0 Å². The van der Waals surface area contributed by atoms with Gasteiger partial charge in [0.05, 0.1) is 7.11 Å². The average Bonchev–Trinajstić information content (AvgIpc) is 3.23. The number of piperidine rings is 1. The van der Waals surface area contributed by atoms with Crippen molar-refractivity contribution in [2.75, 3.05) is 20.2 Å². The molecule has 1 saturated carbocycles. The Balaban J connectivity index is 1.84. The van der Waals surface area contributed by atoms with Crippen LogP contribution >= 0.6 is 0 Å². The van der Waals surface area contributed by atoms with Crippen molar-refractivity contribution in [2.24, 2.45) is 0 Å². The van der Waals surface area contributed by atoms with Crippen LogP contribution in [-0.2, 0) is 0 Å². The van der Waals surface area contributed by atoms with Crippen LogP contribution in [0.15, 0.2) is 18.2 Å². The molecule has 2 nitrogen and oxygen atoms in total. The number of ether oxygens (including phenoxy) is 1. The first-order valence-electron chi connectivity index (χ1n) is 6.77. The van der Waals surface area contributed by atoms with Crippen LogP contribution in [0.1, 0.15) is 48.6 Å². The summed E-state index contributed by atoms with van der Waals surface area (Å²) < 4.78 is 5.56. The van der Waals surface area contributed by atoms with E-state index >= 15 is 0 Å². The van der Waals surface area contributed by atoms with Crippen molar-refractivity contribution in [2.45, 2.75) is 37.5 Å². The number of nitrogens with one attached hydrogen (secondary N) is 1. The predicted octanol–water partition coefficient (Wildman–Crippen LogP) is 3.04. The molecule has 2 heteroatoms. The van der Waals surface area contributed by atoms with Gasteiger partial charge >= 0.3 is 0 Å². The van der Waals surface area contributed by atoms with Crippen LogP contribution in [-0.4, -0.2) is 20.2 Å². The second-order valence-electron chi connectivity index (χ2n) is 5.30. The van der Waals surface area contributed by atoms with Gasteiger partial charge in [-0.05, 0) is 67.8 Å². The normalized spacial score (nSPS) is 21.5. The summed E-state index contributed by atoms with van der Waals surface area (Å²) in [6.07, 6.45) is 5.18. The maximum Gasteiger partial charge on any atom is 0.122 e. The number of benzene rings is 1. The molecule has 0 aromatic heterocycles. The Morgan fingerprint density at radius 3 is 2.47 bits per heavy atom. The molecule has 0 amide bonds. The largest absolute Gasteiger partial charge is 0.496 e. The molecule has 1 N–H and O–H groups in total. The third kappa shape index (κ3) is 2.32. The lowest BCUT2D eigenvalue weighted by Crippen LogP contribution is -2.26. The molecule has 1 aromatic rings. The van der Waals surface area contributed by atoms with Gasteiger partial charge in [-0.25, -0.2) is 0 Å². The first kappa shape index (κ1) is 11.1. The second-order valence-corrected chi connectivity index (χ2v) is 5.30. The number of hydrogen-bond donors (Lipinski definition) is 1. The van der Waals surface area contributed by atoms with Crippen molar-refractivity contribution < 1.29 is 4.74 Å². The molecule has 0 bridgehead atoms. The summed E-state index contributed by atoms with van der Waals surface area (Å²) in [7, 11) is 1.80. The molecule has 1 aromatic carbocycles. The van der Waals surface area contributed by atoms with Crippen LogP contribution in [0.5, 0.6) is 5.75 Å². The minimum absolute atomic E-state index is 0.721. The molecule has 1 heterocycles. The molecule has 1 aliphatic heterocycles. The highest BCUT2D eigenvalue weighted by Gasteiger charge is 2.27. The predicted molar refractivity (Wildman–Crippen MR) is 69.8 cm³/mol. The van der Waals surface area contributed by atoms with Crippen LogP contribution in [0, 0.1) is 0 Å². The van der Waals surface area contributed by atoms with Gasteiger partial charge in [0.2, 0.25) is 0 Å². The van der Waals surface area contributed by atoms with Crippen molar-refractivity contribution in [1.82, 2.24) is 5.32 Å². The number of methoxy groups -OCH3 is 1. The Bertz CT molecular complexity index is 392. The van der Waals surface area contributed by atoms with E-state index in [1.165, 1.54) is 36.8 Å². The monoisotopic (exact) mass is 231 g/mol. The molecule has 3 rings (SSSR count). The van der Waals surface area contributed by atoms with Gasteiger partial charge in [0.15, 0.2) is 0 Å². The summed E-state index contributed by atoms with van der Waals surface area (Å²) >= 11 is 0. The van der Waals surface area contributed by atoms with E-state index in [4.69, 9.17) is 4.74 Å². The quantitative estimate of drug-likeness (QED) is 0.863. The third-order valence-corrected chi connectivity index (χ3v) is 4.09. The summed E-state index contributed by atoms with van der Waals surface area (Å²) in [5.41, 5.74) is 2.89. The van der Waals surface area contributed by atoms with Crippen molar-refractivity contribution in [3.05, 3.63) is 29.3 Å². The standard InChI is InChI=1S/C15H21NO/c1-17-15-10-13(11-6-8-16-9-7-11)4-5-14(15)12-2-3-12/h4-5,10-12,16H,2-3,6-9H2,1H3. The van der Waals surface area contributed by atoms with E-state index in [0.717, 1.165) is 30.7 Å². The second kappa shape index (κ2) is 4.69. The molecule has 2 fully saturated rings. The summed E-state index contributed by atoms with van der Waals surface area (Å²) in [6.45, 7) is 2.30. The van der Waals surface area contributed by atoms with Gasteiger partial charge in [-0.2, -0.15) is 0 Å². The zero-order valence-corrected chi connectivity index (χ0v) is 10.5. The van der Waals surface area contributed by atoms with E-state index in [1.807, 2.05) is 0 Å². The Hall–Kier alpha value is -1.02.